The predicted octanol–water partition coefficient (Wildman–Crippen LogP) is -0.554. The van der Waals surface area contributed by atoms with Gasteiger partial charge in [0.25, 0.3) is 0 Å². The zero-order valence-electron chi connectivity index (χ0n) is 10.5. The largest absolute Gasteiger partial charge is 0.469 e. The fraction of sp³-hybridized carbons (Fsp3) is 0.800. The van der Waals surface area contributed by atoms with Gasteiger partial charge >= 0.3 is 5.97 Å². The standard InChI is InChI=1S/C5H7NO3.C5H10O2/c6-1-4-5(8)3(7)2-9-4;1-4(2)5(6)7-3/h3-5,7-8H,2H2;4H,1-3H3/i2D;. The Hall–Kier alpha value is -1.16. The Morgan fingerprint density at radius 1 is 1.69 bits per heavy atom. The summed E-state index contributed by atoms with van der Waals surface area (Å²) in [5.41, 5.74) is 0. The molecular weight excluding hydrogens is 214 g/mol. The second-order valence-corrected chi connectivity index (χ2v) is 3.48. The SMILES string of the molecule is COC(=O)C(C)C.[2H]C1OC(C#N)C(O)C1O. The molecule has 0 aromatic rings. The first-order valence-electron chi connectivity index (χ1n) is 5.34. The molecule has 0 spiro atoms. The molecule has 1 fully saturated rings. The van der Waals surface area contributed by atoms with Crippen LogP contribution in [-0.4, -0.2) is 48.2 Å². The summed E-state index contributed by atoms with van der Waals surface area (Å²) in [6.45, 7) is 2.40. The fourth-order valence-electron chi connectivity index (χ4n) is 0.848. The van der Waals surface area contributed by atoms with E-state index in [4.69, 9.17) is 16.8 Å². The number of esters is 1. The van der Waals surface area contributed by atoms with E-state index in [0.717, 1.165) is 0 Å². The van der Waals surface area contributed by atoms with E-state index in [2.05, 4.69) is 9.47 Å². The van der Waals surface area contributed by atoms with Crippen LogP contribution in [0.4, 0.5) is 0 Å². The zero-order valence-corrected chi connectivity index (χ0v) is 9.45. The van der Waals surface area contributed by atoms with Gasteiger partial charge in [0.1, 0.15) is 12.2 Å². The van der Waals surface area contributed by atoms with E-state index < -0.39 is 24.9 Å². The first-order valence-corrected chi connectivity index (χ1v) is 4.76. The number of methoxy groups -OCH3 is 1. The molecule has 0 aliphatic carbocycles. The molecule has 0 radical (unpaired) electrons. The summed E-state index contributed by atoms with van der Waals surface area (Å²) < 4.78 is 15.8. The molecule has 16 heavy (non-hydrogen) atoms. The van der Waals surface area contributed by atoms with Crippen molar-refractivity contribution in [2.45, 2.75) is 32.2 Å². The molecule has 1 aliphatic rings. The molecule has 4 atom stereocenters. The molecule has 0 aromatic heterocycles. The summed E-state index contributed by atoms with van der Waals surface area (Å²) in [5.74, 6) is -0.148. The quantitative estimate of drug-likeness (QED) is 0.588. The molecule has 0 aromatic carbocycles. The van der Waals surface area contributed by atoms with Crippen LogP contribution in [0.15, 0.2) is 0 Å². The number of carbonyl (C=O) groups is 1. The van der Waals surface area contributed by atoms with E-state index in [-0.39, 0.29) is 11.9 Å². The lowest BCUT2D eigenvalue weighted by Crippen LogP contribution is -2.28. The van der Waals surface area contributed by atoms with Crippen LogP contribution in [0.25, 0.3) is 0 Å². The van der Waals surface area contributed by atoms with Gasteiger partial charge in [-0.15, -0.1) is 0 Å². The first kappa shape index (κ1) is 12.9. The van der Waals surface area contributed by atoms with Crippen LogP contribution in [0.1, 0.15) is 15.2 Å². The topological polar surface area (TPSA) is 99.8 Å². The van der Waals surface area contributed by atoms with Crippen molar-refractivity contribution in [3.8, 4) is 6.07 Å². The Kier molecular flexibility index (Phi) is 5.78. The number of carbonyl (C=O) groups excluding carboxylic acids is 1. The molecule has 92 valence electrons. The van der Waals surface area contributed by atoms with E-state index >= 15 is 0 Å². The monoisotopic (exact) mass is 232 g/mol. The fourth-order valence-corrected chi connectivity index (χ4v) is 0.848. The summed E-state index contributed by atoms with van der Waals surface area (Å²) in [4.78, 5) is 10.3. The molecule has 1 saturated heterocycles. The Morgan fingerprint density at radius 2 is 2.25 bits per heavy atom. The van der Waals surface area contributed by atoms with Crippen LogP contribution < -0.4 is 0 Å². The van der Waals surface area contributed by atoms with Gasteiger partial charge in [-0.25, -0.2) is 0 Å². The minimum Gasteiger partial charge on any atom is -0.469 e. The molecule has 1 rings (SSSR count). The number of hydrogen-bond acceptors (Lipinski definition) is 6. The molecule has 0 bridgehead atoms. The Morgan fingerprint density at radius 3 is 2.38 bits per heavy atom. The van der Waals surface area contributed by atoms with Crippen LogP contribution in [0.5, 0.6) is 0 Å². The highest BCUT2D eigenvalue weighted by atomic mass is 16.5. The molecule has 6 heteroatoms. The lowest BCUT2D eigenvalue weighted by molar-refractivity contribution is -0.144. The van der Waals surface area contributed by atoms with E-state index in [1.54, 1.807) is 19.9 Å². The van der Waals surface area contributed by atoms with Crippen LogP contribution in [0, 0.1) is 17.2 Å². The normalized spacial score (nSPS) is 33.4. The number of hydrogen-bond donors (Lipinski definition) is 2. The third kappa shape index (κ3) is 4.57. The average molecular weight is 232 g/mol. The molecule has 2 N–H and O–H groups in total. The highest BCUT2D eigenvalue weighted by molar-refractivity contribution is 5.71. The van der Waals surface area contributed by atoms with Crippen molar-refractivity contribution < 1.29 is 25.9 Å². The minimum absolute atomic E-state index is 0.00463. The molecule has 0 saturated carbocycles. The first-order chi connectivity index (χ1) is 7.84. The van der Waals surface area contributed by atoms with Crippen molar-refractivity contribution in [3.63, 3.8) is 0 Å². The Labute approximate surface area is 95.8 Å². The number of nitriles is 1. The number of aliphatic hydroxyl groups excluding tert-OH is 2. The predicted molar refractivity (Wildman–Crippen MR) is 54.2 cm³/mol. The second kappa shape index (κ2) is 7.17. The Bertz CT molecular complexity index is 291. The summed E-state index contributed by atoms with van der Waals surface area (Å²) in [6.07, 6.45) is -3.56. The summed E-state index contributed by atoms with van der Waals surface area (Å²) in [7, 11) is 1.39. The van der Waals surface area contributed by atoms with Crippen LogP contribution in [0.3, 0.4) is 0 Å². The van der Waals surface area contributed by atoms with Gasteiger partial charge in [-0.1, -0.05) is 13.8 Å². The number of nitrogens with zero attached hydrogens (tertiary/aromatic N) is 1. The number of rotatable bonds is 1. The van der Waals surface area contributed by atoms with E-state index in [9.17, 15) is 4.79 Å². The summed E-state index contributed by atoms with van der Waals surface area (Å²) in [6, 6.07) is 1.62. The minimum atomic E-state index is -1.26. The van der Waals surface area contributed by atoms with Gasteiger partial charge < -0.3 is 19.7 Å². The Balaban J connectivity index is 0.000000325. The molecule has 6 nitrogen and oxygen atoms in total. The summed E-state index contributed by atoms with van der Waals surface area (Å²) >= 11 is 0. The number of ether oxygens (including phenoxy) is 2. The van der Waals surface area contributed by atoms with E-state index in [1.807, 2.05) is 0 Å². The van der Waals surface area contributed by atoms with Crippen molar-refractivity contribution in [3.05, 3.63) is 0 Å². The maximum absolute atomic E-state index is 10.3. The molecule has 0 amide bonds. The van der Waals surface area contributed by atoms with Crippen LogP contribution >= 0.6 is 0 Å². The van der Waals surface area contributed by atoms with Gasteiger partial charge in [-0.05, 0) is 0 Å². The van der Waals surface area contributed by atoms with Crippen molar-refractivity contribution in [2.24, 2.45) is 5.92 Å². The third-order valence-corrected chi connectivity index (χ3v) is 1.82. The van der Waals surface area contributed by atoms with Crippen molar-refractivity contribution in [1.82, 2.24) is 0 Å². The second-order valence-electron chi connectivity index (χ2n) is 3.48. The van der Waals surface area contributed by atoms with E-state index in [1.165, 1.54) is 7.11 Å². The number of aliphatic hydroxyl groups is 2. The highest BCUT2D eigenvalue weighted by Gasteiger charge is 2.34. The molecule has 4 unspecified atom stereocenters. The maximum Gasteiger partial charge on any atom is 0.308 e. The lowest BCUT2D eigenvalue weighted by Gasteiger charge is -2.04. The summed E-state index contributed by atoms with van der Waals surface area (Å²) in [5, 5.41) is 26.0. The zero-order chi connectivity index (χ0) is 13.6. The third-order valence-electron chi connectivity index (χ3n) is 1.82. The lowest BCUT2D eigenvalue weighted by atomic mass is 10.2. The smallest absolute Gasteiger partial charge is 0.308 e. The van der Waals surface area contributed by atoms with Crippen molar-refractivity contribution in [1.29, 1.82) is 5.26 Å². The van der Waals surface area contributed by atoms with E-state index in [0.29, 0.717) is 0 Å². The van der Waals surface area contributed by atoms with Gasteiger partial charge in [0.05, 0.1) is 27.1 Å². The van der Waals surface area contributed by atoms with Gasteiger partial charge in [-0.3, -0.25) is 4.79 Å². The maximum atomic E-state index is 10.3. The van der Waals surface area contributed by atoms with Gasteiger partial charge in [0.2, 0.25) is 0 Å². The van der Waals surface area contributed by atoms with Crippen molar-refractivity contribution >= 4 is 5.97 Å². The molecular formula is C10H17NO5. The van der Waals surface area contributed by atoms with Gasteiger partial charge in [0.15, 0.2) is 6.10 Å². The van der Waals surface area contributed by atoms with Gasteiger partial charge in [0, 0.05) is 0 Å². The molecule has 1 aliphatic heterocycles. The van der Waals surface area contributed by atoms with Gasteiger partial charge in [-0.2, -0.15) is 5.26 Å². The highest BCUT2D eigenvalue weighted by Crippen LogP contribution is 2.12. The van der Waals surface area contributed by atoms with Crippen molar-refractivity contribution in [2.75, 3.05) is 13.7 Å². The van der Waals surface area contributed by atoms with Crippen LogP contribution in [0.2, 0.25) is 0 Å². The van der Waals surface area contributed by atoms with Crippen LogP contribution in [-0.2, 0) is 14.3 Å². The molecule has 1 heterocycles. The average Bonchev–Trinajstić information content (AvgIpc) is 2.56.